The molecule has 1 aliphatic rings. The van der Waals surface area contributed by atoms with Gasteiger partial charge in [-0.15, -0.1) is 12.4 Å². The zero-order valence-corrected chi connectivity index (χ0v) is 11.0. The maximum Gasteiger partial charge on any atom is 0.390 e. The van der Waals surface area contributed by atoms with E-state index in [4.69, 9.17) is 0 Å². The Hall–Kier alpha value is -0.0000000000000000555. The lowest BCUT2D eigenvalue weighted by atomic mass is 9.93. The Labute approximate surface area is 107 Å². The lowest BCUT2D eigenvalue weighted by molar-refractivity contribution is -0.138. The fourth-order valence-electron chi connectivity index (χ4n) is 2.13. The van der Waals surface area contributed by atoms with Crippen molar-refractivity contribution in [2.45, 2.75) is 31.9 Å². The zero-order valence-electron chi connectivity index (χ0n) is 10.2. The first-order valence-electron chi connectivity index (χ1n) is 5.95. The van der Waals surface area contributed by atoms with Crippen molar-refractivity contribution >= 4 is 12.4 Å². The van der Waals surface area contributed by atoms with Crippen molar-refractivity contribution in [1.82, 2.24) is 10.2 Å². The first-order valence-corrected chi connectivity index (χ1v) is 5.95. The summed E-state index contributed by atoms with van der Waals surface area (Å²) in [7, 11) is 1.93. The number of rotatable bonds is 5. The molecule has 1 heterocycles. The van der Waals surface area contributed by atoms with E-state index in [2.05, 4.69) is 5.32 Å². The molecule has 0 amide bonds. The van der Waals surface area contributed by atoms with Crippen molar-refractivity contribution in [2.75, 3.05) is 33.2 Å². The van der Waals surface area contributed by atoms with Crippen LogP contribution in [0.1, 0.15) is 25.7 Å². The van der Waals surface area contributed by atoms with Crippen LogP contribution in [0, 0.1) is 5.92 Å². The molecule has 17 heavy (non-hydrogen) atoms. The average Bonchev–Trinajstić information content (AvgIpc) is 2.24. The third-order valence-electron chi connectivity index (χ3n) is 3.22. The summed E-state index contributed by atoms with van der Waals surface area (Å²) in [6.07, 6.45) is -1.46. The molecule has 0 unspecified atom stereocenters. The van der Waals surface area contributed by atoms with Crippen LogP contribution < -0.4 is 5.32 Å². The fourth-order valence-corrected chi connectivity index (χ4v) is 2.13. The molecule has 0 aromatic rings. The Bertz CT molecular complexity index is 192. The predicted molar refractivity (Wildman–Crippen MR) is 65.6 cm³/mol. The first kappa shape index (κ1) is 17.0. The molecule has 0 aromatic heterocycles. The van der Waals surface area contributed by atoms with Gasteiger partial charge in [0.15, 0.2) is 0 Å². The minimum Gasteiger partial charge on any atom is -0.320 e. The summed E-state index contributed by atoms with van der Waals surface area (Å²) >= 11 is 0. The number of piperidine rings is 1. The Kier molecular flexibility index (Phi) is 8.16. The van der Waals surface area contributed by atoms with Crippen molar-refractivity contribution in [3.8, 4) is 0 Å². The first-order chi connectivity index (χ1) is 7.51. The van der Waals surface area contributed by atoms with Crippen LogP contribution in [0.3, 0.4) is 0 Å². The minimum atomic E-state index is -4.01. The molecule has 104 valence electrons. The predicted octanol–water partition coefficient (Wildman–Crippen LogP) is 2.68. The summed E-state index contributed by atoms with van der Waals surface area (Å²) in [5, 5.41) is 3.11. The van der Waals surface area contributed by atoms with Crippen molar-refractivity contribution in [2.24, 2.45) is 5.92 Å². The lowest BCUT2D eigenvalue weighted by Gasteiger charge is -2.32. The van der Waals surface area contributed by atoms with Crippen LogP contribution in [-0.2, 0) is 0 Å². The van der Waals surface area contributed by atoms with Crippen LogP contribution >= 0.6 is 12.4 Å². The monoisotopic (exact) mass is 274 g/mol. The number of halogens is 4. The normalized spacial score (nSPS) is 19.1. The van der Waals surface area contributed by atoms with Crippen molar-refractivity contribution in [3.05, 3.63) is 0 Å². The van der Waals surface area contributed by atoms with Gasteiger partial charge in [0.1, 0.15) is 0 Å². The third kappa shape index (κ3) is 7.84. The molecule has 1 rings (SSSR count). The number of hydrogen-bond donors (Lipinski definition) is 1. The molecule has 0 atom stereocenters. The topological polar surface area (TPSA) is 15.3 Å². The van der Waals surface area contributed by atoms with Crippen LogP contribution in [0.25, 0.3) is 0 Å². The van der Waals surface area contributed by atoms with Gasteiger partial charge in [0.05, 0.1) is 6.42 Å². The van der Waals surface area contributed by atoms with Gasteiger partial charge < -0.3 is 10.2 Å². The Morgan fingerprint density at radius 3 is 2.29 bits per heavy atom. The third-order valence-corrected chi connectivity index (χ3v) is 3.22. The second kappa shape index (κ2) is 8.16. The molecule has 6 heteroatoms. The molecule has 1 aliphatic heterocycles. The van der Waals surface area contributed by atoms with E-state index in [1.807, 2.05) is 11.9 Å². The van der Waals surface area contributed by atoms with Gasteiger partial charge in [0.2, 0.25) is 0 Å². The van der Waals surface area contributed by atoms with Crippen LogP contribution in [-0.4, -0.2) is 44.3 Å². The Balaban J connectivity index is 0.00000256. The summed E-state index contributed by atoms with van der Waals surface area (Å²) in [6.45, 7) is 2.82. The van der Waals surface area contributed by atoms with E-state index < -0.39 is 12.6 Å². The molecule has 0 aliphatic carbocycles. The number of alkyl halides is 3. The molecule has 1 fully saturated rings. The smallest absolute Gasteiger partial charge is 0.320 e. The summed E-state index contributed by atoms with van der Waals surface area (Å²) in [6, 6.07) is 0. The molecule has 0 bridgehead atoms. The molecule has 1 saturated heterocycles. The highest BCUT2D eigenvalue weighted by Gasteiger charge is 2.28. The number of hydrogen-bond acceptors (Lipinski definition) is 2. The van der Waals surface area contributed by atoms with Crippen molar-refractivity contribution in [3.63, 3.8) is 0 Å². The van der Waals surface area contributed by atoms with Gasteiger partial charge >= 0.3 is 6.18 Å². The Morgan fingerprint density at radius 1 is 1.24 bits per heavy atom. The molecule has 0 saturated carbocycles. The van der Waals surface area contributed by atoms with E-state index in [-0.39, 0.29) is 19.0 Å². The molecular formula is C11H22ClF3N2. The lowest BCUT2D eigenvalue weighted by Crippen LogP contribution is -2.36. The maximum absolute atomic E-state index is 12.0. The van der Waals surface area contributed by atoms with Gasteiger partial charge in [-0.25, -0.2) is 0 Å². The maximum atomic E-state index is 12.0. The van der Waals surface area contributed by atoms with Crippen LogP contribution in [0.4, 0.5) is 13.2 Å². The van der Waals surface area contributed by atoms with Crippen molar-refractivity contribution < 1.29 is 13.2 Å². The van der Waals surface area contributed by atoms with Gasteiger partial charge in [0.25, 0.3) is 0 Å². The highest BCUT2D eigenvalue weighted by molar-refractivity contribution is 5.85. The highest BCUT2D eigenvalue weighted by Crippen LogP contribution is 2.23. The quantitative estimate of drug-likeness (QED) is 0.829. The molecular weight excluding hydrogens is 253 g/mol. The van der Waals surface area contributed by atoms with E-state index >= 15 is 0 Å². The second-order valence-electron chi connectivity index (χ2n) is 4.54. The molecule has 1 N–H and O–H groups in total. The highest BCUT2D eigenvalue weighted by atomic mass is 35.5. The van der Waals surface area contributed by atoms with Gasteiger partial charge in [-0.05, 0) is 51.9 Å². The Morgan fingerprint density at radius 2 is 1.82 bits per heavy atom. The molecule has 0 spiro atoms. The second-order valence-corrected chi connectivity index (χ2v) is 4.54. The number of nitrogens with one attached hydrogen (secondary N) is 1. The molecule has 0 radical (unpaired) electrons. The molecule has 2 nitrogen and oxygen atoms in total. The SMILES string of the molecule is CNCCC1CCN(CCC(F)(F)F)CC1.Cl. The number of nitrogens with zero attached hydrogens (tertiary/aromatic N) is 1. The van der Waals surface area contributed by atoms with Gasteiger partial charge in [-0.2, -0.15) is 13.2 Å². The summed E-state index contributed by atoms with van der Waals surface area (Å²) in [5.74, 6) is 0.689. The minimum absolute atomic E-state index is 0. The van der Waals surface area contributed by atoms with E-state index in [0.29, 0.717) is 5.92 Å². The summed E-state index contributed by atoms with van der Waals surface area (Å²) < 4.78 is 36.1. The van der Waals surface area contributed by atoms with Gasteiger partial charge in [-0.1, -0.05) is 0 Å². The van der Waals surface area contributed by atoms with Gasteiger partial charge in [-0.3, -0.25) is 0 Å². The van der Waals surface area contributed by atoms with E-state index in [0.717, 1.165) is 38.9 Å². The average molecular weight is 275 g/mol. The van der Waals surface area contributed by atoms with Crippen LogP contribution in [0.5, 0.6) is 0 Å². The van der Waals surface area contributed by atoms with E-state index in [1.54, 1.807) is 0 Å². The van der Waals surface area contributed by atoms with Crippen molar-refractivity contribution in [1.29, 1.82) is 0 Å². The fraction of sp³-hybridized carbons (Fsp3) is 1.00. The van der Waals surface area contributed by atoms with Gasteiger partial charge in [0, 0.05) is 6.54 Å². The summed E-state index contributed by atoms with van der Waals surface area (Å²) in [4.78, 5) is 1.93. The summed E-state index contributed by atoms with van der Waals surface area (Å²) in [5.41, 5.74) is 0. The standard InChI is InChI=1S/C11H21F3N2.ClH/c1-15-6-2-10-3-7-16(8-4-10)9-5-11(12,13)14;/h10,15H,2-9H2,1H3;1H. The van der Waals surface area contributed by atoms with E-state index in [9.17, 15) is 13.2 Å². The van der Waals surface area contributed by atoms with Crippen LogP contribution in [0.15, 0.2) is 0 Å². The van der Waals surface area contributed by atoms with Crippen LogP contribution in [0.2, 0.25) is 0 Å². The number of likely N-dealkylation sites (tertiary alicyclic amines) is 1. The van der Waals surface area contributed by atoms with E-state index in [1.165, 1.54) is 0 Å². The molecule has 0 aromatic carbocycles. The largest absolute Gasteiger partial charge is 0.390 e. The zero-order chi connectivity index (χ0) is 12.0.